The largest absolute Gasteiger partial charge is 0.326 e. The summed E-state index contributed by atoms with van der Waals surface area (Å²) in [6, 6.07) is 23.9. The Morgan fingerprint density at radius 2 is 1.46 bits per heavy atom. The average molecular weight is 394 g/mol. The van der Waals surface area contributed by atoms with Gasteiger partial charge in [-0.3, -0.25) is 4.79 Å². The van der Waals surface area contributed by atoms with E-state index in [1.807, 2.05) is 54.6 Å². The smallest absolute Gasteiger partial charge is 0.242 e. The Bertz CT molecular complexity index is 1060. The fraction of sp³-hybridized carbons (Fsp3) is 0.136. The minimum absolute atomic E-state index is 0.161. The molecule has 3 aromatic rings. The van der Waals surface area contributed by atoms with Gasteiger partial charge in [0.1, 0.15) is 0 Å². The first-order chi connectivity index (χ1) is 13.4. The van der Waals surface area contributed by atoms with Gasteiger partial charge in [0.05, 0.1) is 11.3 Å². The van der Waals surface area contributed by atoms with E-state index in [9.17, 15) is 13.2 Å². The van der Waals surface area contributed by atoms with E-state index in [2.05, 4.69) is 5.32 Å². The fourth-order valence-corrected chi connectivity index (χ4v) is 3.77. The summed E-state index contributed by atoms with van der Waals surface area (Å²) >= 11 is 0. The van der Waals surface area contributed by atoms with Gasteiger partial charge >= 0.3 is 0 Å². The van der Waals surface area contributed by atoms with Gasteiger partial charge in [0.15, 0.2) is 0 Å². The zero-order chi connectivity index (χ0) is 20.1. The van der Waals surface area contributed by atoms with E-state index in [1.54, 1.807) is 12.1 Å². The standard InChI is InChI=1S/C22H22N2O3S/c1-24(2)28(26,27)20-14-12-19(13-15-20)23-22(25)16-18-10-6-7-11-21(18)17-8-4-3-5-9-17/h3-15H,16H2,1-2H3,(H,23,25). The van der Waals surface area contributed by atoms with Crippen LogP contribution in [-0.2, 0) is 21.2 Å². The molecule has 1 amide bonds. The molecule has 3 aromatic carbocycles. The van der Waals surface area contributed by atoms with Gasteiger partial charge in [-0.15, -0.1) is 0 Å². The summed E-state index contributed by atoms with van der Waals surface area (Å²) in [6.07, 6.45) is 0.225. The van der Waals surface area contributed by atoms with Gasteiger partial charge in [0, 0.05) is 19.8 Å². The van der Waals surface area contributed by atoms with E-state index in [0.717, 1.165) is 21.0 Å². The number of carbonyl (C=O) groups excluding carboxylic acids is 1. The highest BCUT2D eigenvalue weighted by molar-refractivity contribution is 7.89. The lowest BCUT2D eigenvalue weighted by molar-refractivity contribution is -0.115. The lowest BCUT2D eigenvalue weighted by Crippen LogP contribution is -2.22. The third-order valence-electron chi connectivity index (χ3n) is 4.37. The van der Waals surface area contributed by atoms with Crippen molar-refractivity contribution in [1.82, 2.24) is 4.31 Å². The lowest BCUT2D eigenvalue weighted by Gasteiger charge is -2.12. The molecule has 0 saturated carbocycles. The Balaban J connectivity index is 1.74. The number of hydrogen-bond acceptors (Lipinski definition) is 3. The molecule has 0 aliphatic heterocycles. The summed E-state index contributed by atoms with van der Waals surface area (Å²) in [4.78, 5) is 12.7. The van der Waals surface area contributed by atoms with E-state index in [1.165, 1.54) is 26.2 Å². The number of amides is 1. The van der Waals surface area contributed by atoms with Crippen molar-refractivity contribution in [2.75, 3.05) is 19.4 Å². The molecule has 0 saturated heterocycles. The monoisotopic (exact) mass is 394 g/mol. The minimum atomic E-state index is -3.49. The quantitative estimate of drug-likeness (QED) is 0.692. The predicted octanol–water partition coefficient (Wildman–Crippen LogP) is 3.79. The van der Waals surface area contributed by atoms with Crippen LogP contribution in [0.5, 0.6) is 0 Å². The molecular formula is C22H22N2O3S. The van der Waals surface area contributed by atoms with Crippen LogP contribution in [-0.4, -0.2) is 32.7 Å². The zero-order valence-corrected chi connectivity index (χ0v) is 16.6. The molecule has 0 aliphatic carbocycles. The SMILES string of the molecule is CN(C)S(=O)(=O)c1ccc(NC(=O)Cc2ccccc2-c2ccccc2)cc1. The van der Waals surface area contributed by atoms with Crippen molar-refractivity contribution in [3.8, 4) is 11.1 Å². The molecule has 28 heavy (non-hydrogen) atoms. The van der Waals surface area contributed by atoms with Crippen LogP contribution in [0.3, 0.4) is 0 Å². The molecule has 6 heteroatoms. The second-order valence-corrected chi connectivity index (χ2v) is 8.71. The van der Waals surface area contributed by atoms with Crippen LogP contribution in [0.1, 0.15) is 5.56 Å². The highest BCUT2D eigenvalue weighted by Gasteiger charge is 2.17. The van der Waals surface area contributed by atoms with Gasteiger partial charge in [0.25, 0.3) is 0 Å². The number of nitrogens with one attached hydrogen (secondary N) is 1. The second-order valence-electron chi connectivity index (χ2n) is 6.56. The minimum Gasteiger partial charge on any atom is -0.326 e. The summed E-state index contributed by atoms with van der Waals surface area (Å²) in [7, 11) is -0.524. The molecule has 0 bridgehead atoms. The van der Waals surface area contributed by atoms with Crippen LogP contribution >= 0.6 is 0 Å². The van der Waals surface area contributed by atoms with Gasteiger partial charge in [-0.1, -0.05) is 54.6 Å². The number of nitrogens with zero attached hydrogens (tertiary/aromatic N) is 1. The van der Waals surface area contributed by atoms with Crippen molar-refractivity contribution < 1.29 is 13.2 Å². The molecule has 5 nitrogen and oxygen atoms in total. The van der Waals surface area contributed by atoms with Gasteiger partial charge < -0.3 is 5.32 Å². The van der Waals surface area contributed by atoms with Crippen molar-refractivity contribution in [3.63, 3.8) is 0 Å². The van der Waals surface area contributed by atoms with Crippen LogP contribution in [0.2, 0.25) is 0 Å². The van der Waals surface area contributed by atoms with E-state index < -0.39 is 10.0 Å². The second kappa shape index (κ2) is 8.37. The first kappa shape index (κ1) is 19.8. The van der Waals surface area contributed by atoms with Crippen molar-refractivity contribution in [2.45, 2.75) is 11.3 Å². The highest BCUT2D eigenvalue weighted by Crippen LogP contribution is 2.24. The first-order valence-electron chi connectivity index (χ1n) is 8.84. The number of sulfonamides is 1. The molecular weight excluding hydrogens is 372 g/mol. The first-order valence-corrected chi connectivity index (χ1v) is 10.3. The number of anilines is 1. The van der Waals surface area contributed by atoms with E-state index in [4.69, 9.17) is 0 Å². The molecule has 0 aliphatic rings. The lowest BCUT2D eigenvalue weighted by atomic mass is 9.97. The van der Waals surface area contributed by atoms with Crippen LogP contribution in [0.25, 0.3) is 11.1 Å². The Labute approximate surface area is 165 Å². The van der Waals surface area contributed by atoms with Gasteiger partial charge in [-0.25, -0.2) is 12.7 Å². The topological polar surface area (TPSA) is 66.5 Å². The zero-order valence-electron chi connectivity index (χ0n) is 15.8. The maximum Gasteiger partial charge on any atom is 0.242 e. The third-order valence-corrected chi connectivity index (χ3v) is 6.20. The molecule has 0 spiro atoms. The van der Waals surface area contributed by atoms with Crippen molar-refractivity contribution in [3.05, 3.63) is 84.4 Å². The molecule has 0 atom stereocenters. The van der Waals surface area contributed by atoms with Crippen molar-refractivity contribution >= 4 is 21.6 Å². The molecule has 0 fully saturated rings. The number of hydrogen-bond donors (Lipinski definition) is 1. The Morgan fingerprint density at radius 3 is 2.11 bits per heavy atom. The molecule has 1 N–H and O–H groups in total. The van der Waals surface area contributed by atoms with E-state index in [-0.39, 0.29) is 17.2 Å². The fourth-order valence-electron chi connectivity index (χ4n) is 2.87. The average Bonchev–Trinajstić information content (AvgIpc) is 2.69. The van der Waals surface area contributed by atoms with Crippen LogP contribution in [0, 0.1) is 0 Å². The maximum absolute atomic E-state index is 12.5. The Kier molecular flexibility index (Phi) is 5.92. The highest BCUT2D eigenvalue weighted by atomic mass is 32.2. The molecule has 144 valence electrons. The summed E-state index contributed by atoms with van der Waals surface area (Å²) in [6.45, 7) is 0. The van der Waals surface area contributed by atoms with Gasteiger partial charge in [0.2, 0.25) is 15.9 Å². The van der Waals surface area contributed by atoms with E-state index in [0.29, 0.717) is 5.69 Å². The number of benzene rings is 3. The summed E-state index contributed by atoms with van der Waals surface area (Å²) < 4.78 is 25.4. The number of rotatable bonds is 6. The third kappa shape index (κ3) is 4.47. The Hall–Kier alpha value is -2.96. The summed E-state index contributed by atoms with van der Waals surface area (Å²) in [5.41, 5.74) is 3.56. The molecule has 0 heterocycles. The van der Waals surface area contributed by atoms with Crippen molar-refractivity contribution in [1.29, 1.82) is 0 Å². The Morgan fingerprint density at radius 1 is 0.857 bits per heavy atom. The van der Waals surface area contributed by atoms with Gasteiger partial charge in [-0.05, 0) is 41.0 Å². The number of carbonyl (C=O) groups is 1. The van der Waals surface area contributed by atoms with Crippen LogP contribution in [0.15, 0.2) is 83.8 Å². The van der Waals surface area contributed by atoms with Crippen LogP contribution < -0.4 is 5.32 Å². The maximum atomic E-state index is 12.5. The summed E-state index contributed by atoms with van der Waals surface area (Å²) in [5, 5.41) is 2.83. The normalized spacial score (nSPS) is 11.4. The molecule has 3 rings (SSSR count). The molecule has 0 unspecified atom stereocenters. The molecule has 0 aromatic heterocycles. The van der Waals surface area contributed by atoms with Crippen molar-refractivity contribution in [2.24, 2.45) is 0 Å². The van der Waals surface area contributed by atoms with Gasteiger partial charge in [-0.2, -0.15) is 0 Å². The summed E-state index contributed by atoms with van der Waals surface area (Å²) in [5.74, 6) is -0.161. The molecule has 0 radical (unpaired) electrons. The van der Waals surface area contributed by atoms with Crippen LogP contribution in [0.4, 0.5) is 5.69 Å². The van der Waals surface area contributed by atoms with E-state index >= 15 is 0 Å². The predicted molar refractivity (Wildman–Crippen MR) is 112 cm³/mol.